The molecule has 106 valence electrons. The average molecular weight is 293 g/mol. The minimum absolute atomic E-state index is 0.0486. The molecule has 0 bridgehead atoms. The van der Waals surface area contributed by atoms with Gasteiger partial charge in [-0.2, -0.15) is 0 Å². The van der Waals surface area contributed by atoms with Crippen LogP contribution >= 0.6 is 11.3 Å². The van der Waals surface area contributed by atoms with Crippen molar-refractivity contribution < 1.29 is 14.4 Å². The first-order valence-electron chi connectivity index (χ1n) is 6.39. The Morgan fingerprint density at radius 1 is 1.20 bits per heavy atom. The highest BCUT2D eigenvalue weighted by Crippen LogP contribution is 2.39. The van der Waals surface area contributed by atoms with Gasteiger partial charge in [0.25, 0.3) is 5.91 Å². The van der Waals surface area contributed by atoms with Gasteiger partial charge in [0.15, 0.2) is 5.78 Å². The number of likely N-dealkylation sites (N-methyl/N-ethyl adjacent to an activating group) is 1. The number of thiazole rings is 1. The van der Waals surface area contributed by atoms with Crippen LogP contribution in [0, 0.1) is 5.41 Å². The van der Waals surface area contributed by atoms with Gasteiger partial charge in [0.1, 0.15) is 6.54 Å². The molecule has 7 heteroatoms. The van der Waals surface area contributed by atoms with Crippen LogP contribution in [0.25, 0.3) is 0 Å². The Hall–Kier alpha value is -1.76. The first-order valence-corrected chi connectivity index (χ1v) is 7.21. The Balaban J connectivity index is 2.01. The van der Waals surface area contributed by atoms with Crippen molar-refractivity contribution in [1.82, 2.24) is 9.88 Å². The van der Waals surface area contributed by atoms with E-state index in [4.69, 9.17) is 0 Å². The monoisotopic (exact) mass is 293 g/mol. The maximum atomic E-state index is 12.1. The number of nitrogens with zero attached hydrogens (tertiary/aromatic N) is 3. The predicted octanol–water partition coefficient (Wildman–Crippen LogP) is 1.70. The second-order valence-corrected chi connectivity index (χ2v) is 7.06. The Morgan fingerprint density at radius 3 is 2.50 bits per heavy atom. The molecule has 0 saturated carbocycles. The van der Waals surface area contributed by atoms with Crippen molar-refractivity contribution in [2.75, 3.05) is 18.5 Å². The first-order chi connectivity index (χ1) is 9.28. The van der Waals surface area contributed by atoms with Gasteiger partial charge in [0.2, 0.25) is 5.13 Å². The van der Waals surface area contributed by atoms with Crippen molar-refractivity contribution in [2.45, 2.75) is 26.7 Å². The highest BCUT2D eigenvalue weighted by Gasteiger charge is 2.40. The molecular formula is C13H15N3O3S. The second-order valence-electron chi connectivity index (χ2n) is 6.08. The van der Waals surface area contributed by atoms with E-state index in [1.54, 1.807) is 7.05 Å². The molecule has 1 aliphatic heterocycles. The SMILES string of the molecule is CN1CC(=O)N(c2nc3c(s2)C(=O)CC(C)(C)C3)C1=O. The number of aromatic nitrogens is 1. The number of urea groups is 1. The lowest BCUT2D eigenvalue weighted by Crippen LogP contribution is -2.31. The van der Waals surface area contributed by atoms with Gasteiger partial charge in [-0.3, -0.25) is 9.59 Å². The molecule has 2 aliphatic rings. The number of hydrogen-bond donors (Lipinski definition) is 0. The summed E-state index contributed by atoms with van der Waals surface area (Å²) < 4.78 is 0. The molecule has 1 fully saturated rings. The molecule has 0 aromatic carbocycles. The largest absolute Gasteiger partial charge is 0.333 e. The third-order valence-electron chi connectivity index (χ3n) is 3.56. The van der Waals surface area contributed by atoms with Gasteiger partial charge in [-0.1, -0.05) is 25.2 Å². The van der Waals surface area contributed by atoms with Gasteiger partial charge in [0.05, 0.1) is 10.6 Å². The quantitative estimate of drug-likeness (QED) is 0.739. The van der Waals surface area contributed by atoms with E-state index in [1.807, 2.05) is 13.8 Å². The van der Waals surface area contributed by atoms with Crippen molar-refractivity contribution in [3.8, 4) is 0 Å². The van der Waals surface area contributed by atoms with Gasteiger partial charge in [0, 0.05) is 13.5 Å². The second kappa shape index (κ2) is 4.12. The minimum Gasteiger partial charge on any atom is -0.318 e. The number of imide groups is 1. The third kappa shape index (κ3) is 1.93. The number of Topliss-reactive ketones (excluding diaryl/α,β-unsaturated/α-hetero) is 1. The van der Waals surface area contributed by atoms with Crippen molar-refractivity contribution >= 4 is 34.2 Å². The van der Waals surface area contributed by atoms with Crippen LogP contribution in [0.5, 0.6) is 0 Å². The number of carbonyl (C=O) groups is 3. The summed E-state index contributed by atoms with van der Waals surface area (Å²) in [5.41, 5.74) is 0.590. The minimum atomic E-state index is -0.382. The molecule has 6 nitrogen and oxygen atoms in total. The van der Waals surface area contributed by atoms with Gasteiger partial charge in [-0.25, -0.2) is 14.7 Å². The zero-order chi connectivity index (χ0) is 14.7. The summed E-state index contributed by atoms with van der Waals surface area (Å²) in [6, 6.07) is -0.382. The molecule has 1 aliphatic carbocycles. The van der Waals surface area contributed by atoms with E-state index in [2.05, 4.69) is 4.98 Å². The number of ketones is 1. The predicted molar refractivity (Wildman–Crippen MR) is 74.1 cm³/mol. The van der Waals surface area contributed by atoms with Crippen molar-refractivity contribution in [1.29, 1.82) is 0 Å². The number of fused-ring (bicyclic) bond motifs is 1. The normalized spacial score (nSPS) is 21.6. The smallest absolute Gasteiger partial charge is 0.318 e. The molecule has 1 aromatic rings. The van der Waals surface area contributed by atoms with Crippen LogP contribution in [0.4, 0.5) is 9.93 Å². The van der Waals surface area contributed by atoms with E-state index in [9.17, 15) is 14.4 Å². The molecule has 20 heavy (non-hydrogen) atoms. The zero-order valence-electron chi connectivity index (χ0n) is 11.6. The lowest BCUT2D eigenvalue weighted by molar-refractivity contribution is -0.116. The summed E-state index contributed by atoms with van der Waals surface area (Å²) in [6.45, 7) is 4.10. The topological polar surface area (TPSA) is 70.6 Å². The Kier molecular flexibility index (Phi) is 2.72. The number of amides is 3. The summed E-state index contributed by atoms with van der Waals surface area (Å²) in [5.74, 6) is -0.247. The fourth-order valence-electron chi connectivity index (χ4n) is 2.61. The fraction of sp³-hybridized carbons (Fsp3) is 0.538. The van der Waals surface area contributed by atoms with Crippen LogP contribution in [-0.4, -0.2) is 41.2 Å². The van der Waals surface area contributed by atoms with Gasteiger partial charge in [-0.05, 0) is 11.8 Å². The maximum Gasteiger partial charge on any atom is 0.333 e. The van der Waals surface area contributed by atoms with E-state index in [0.29, 0.717) is 28.5 Å². The molecule has 0 N–H and O–H groups in total. The molecular weight excluding hydrogens is 278 g/mol. The number of anilines is 1. The van der Waals surface area contributed by atoms with E-state index < -0.39 is 0 Å². The van der Waals surface area contributed by atoms with Crippen molar-refractivity contribution in [3.05, 3.63) is 10.6 Å². The van der Waals surface area contributed by atoms with E-state index in [0.717, 1.165) is 16.2 Å². The fourth-order valence-corrected chi connectivity index (χ4v) is 3.64. The van der Waals surface area contributed by atoms with E-state index in [1.165, 1.54) is 4.90 Å². The van der Waals surface area contributed by atoms with Gasteiger partial charge < -0.3 is 4.90 Å². The number of carbonyl (C=O) groups excluding carboxylic acids is 3. The molecule has 3 rings (SSSR count). The van der Waals surface area contributed by atoms with Crippen LogP contribution in [0.2, 0.25) is 0 Å². The maximum absolute atomic E-state index is 12.1. The number of rotatable bonds is 1. The van der Waals surface area contributed by atoms with E-state index in [-0.39, 0.29) is 29.7 Å². The van der Waals surface area contributed by atoms with Crippen molar-refractivity contribution in [3.63, 3.8) is 0 Å². The Labute approximate surface area is 120 Å². The molecule has 1 saturated heterocycles. The Bertz CT molecular complexity index is 635. The summed E-state index contributed by atoms with van der Waals surface area (Å²) >= 11 is 1.15. The highest BCUT2D eigenvalue weighted by atomic mass is 32.1. The molecule has 0 radical (unpaired) electrons. The summed E-state index contributed by atoms with van der Waals surface area (Å²) in [4.78, 5) is 43.3. The molecule has 1 aromatic heterocycles. The summed E-state index contributed by atoms with van der Waals surface area (Å²) in [5, 5.41) is 0.320. The van der Waals surface area contributed by atoms with Crippen LogP contribution in [-0.2, 0) is 11.2 Å². The lowest BCUT2D eigenvalue weighted by Gasteiger charge is -2.26. The standard InChI is InChI=1S/C13H15N3O3S/c1-13(2)4-7-10(8(17)5-13)20-11(14-7)16-9(18)6-15(3)12(16)19/h4-6H2,1-3H3. The van der Waals surface area contributed by atoms with Crippen LogP contribution in [0.3, 0.4) is 0 Å². The zero-order valence-corrected chi connectivity index (χ0v) is 12.4. The third-order valence-corrected chi connectivity index (χ3v) is 4.68. The average Bonchev–Trinajstić information content (AvgIpc) is 2.80. The van der Waals surface area contributed by atoms with Gasteiger partial charge >= 0.3 is 6.03 Å². The number of hydrogen-bond acceptors (Lipinski definition) is 5. The Morgan fingerprint density at radius 2 is 1.90 bits per heavy atom. The van der Waals surface area contributed by atoms with Gasteiger partial charge in [-0.15, -0.1) is 0 Å². The summed E-state index contributed by atoms with van der Waals surface area (Å²) in [6.07, 6.45) is 1.17. The molecule has 0 atom stereocenters. The highest BCUT2D eigenvalue weighted by molar-refractivity contribution is 7.18. The van der Waals surface area contributed by atoms with Crippen LogP contribution in [0.15, 0.2) is 0 Å². The van der Waals surface area contributed by atoms with Crippen LogP contribution in [0.1, 0.15) is 35.6 Å². The molecule has 2 heterocycles. The molecule has 0 unspecified atom stereocenters. The van der Waals surface area contributed by atoms with Crippen LogP contribution < -0.4 is 4.90 Å². The molecule has 3 amide bonds. The first kappa shape index (κ1) is 13.2. The molecule has 0 spiro atoms. The summed E-state index contributed by atoms with van der Waals surface area (Å²) in [7, 11) is 1.57. The van der Waals surface area contributed by atoms with E-state index >= 15 is 0 Å². The lowest BCUT2D eigenvalue weighted by atomic mass is 9.78. The van der Waals surface area contributed by atoms with Crippen molar-refractivity contribution in [2.24, 2.45) is 5.41 Å².